The molecule has 2 nitrogen and oxygen atoms in total. The highest BCUT2D eigenvalue weighted by molar-refractivity contribution is 7.86. The van der Waals surface area contributed by atoms with Crippen LogP contribution in [0.2, 0.25) is 5.02 Å². The zero-order valence-electron chi connectivity index (χ0n) is 10.4. The molecule has 3 unspecified atom stereocenters. The summed E-state index contributed by atoms with van der Waals surface area (Å²) >= 11 is 6.18. The molecule has 1 N–H and O–H groups in total. The number of nitrogens with one attached hydrogen (secondary N) is 1. The van der Waals surface area contributed by atoms with Gasteiger partial charge in [-0.3, -0.25) is 4.21 Å². The summed E-state index contributed by atoms with van der Waals surface area (Å²) in [6, 6.07) is 6.46. The van der Waals surface area contributed by atoms with Gasteiger partial charge in [0.05, 0.1) is 20.7 Å². The average Bonchev–Trinajstić information content (AvgIpc) is 2.24. The molecule has 3 atom stereocenters. The molecule has 0 radical (unpaired) electrons. The van der Waals surface area contributed by atoms with Crippen LogP contribution in [0.4, 0.5) is 0 Å². The molecule has 4 heteroatoms. The van der Waals surface area contributed by atoms with Crippen LogP contribution in [0.1, 0.15) is 38.8 Å². The first-order valence-electron chi connectivity index (χ1n) is 5.95. The van der Waals surface area contributed by atoms with Gasteiger partial charge in [0, 0.05) is 17.3 Å². The second kappa shape index (κ2) is 5.09. The van der Waals surface area contributed by atoms with Gasteiger partial charge in [0.25, 0.3) is 0 Å². The Labute approximate surface area is 110 Å². The Balaban J connectivity index is 2.46. The Bertz CT molecular complexity index is 447. The molecule has 17 heavy (non-hydrogen) atoms. The number of hydrogen-bond donors (Lipinski definition) is 1. The Morgan fingerprint density at radius 1 is 1.47 bits per heavy atom. The molecule has 94 valence electrons. The van der Waals surface area contributed by atoms with E-state index in [0.717, 1.165) is 16.9 Å². The van der Waals surface area contributed by atoms with Crippen molar-refractivity contribution in [2.75, 3.05) is 0 Å². The average molecular weight is 272 g/mol. The molecule has 0 aliphatic carbocycles. The van der Waals surface area contributed by atoms with E-state index in [-0.39, 0.29) is 11.3 Å². The Morgan fingerprint density at radius 2 is 2.18 bits per heavy atom. The molecule has 1 aromatic carbocycles. The normalized spacial score (nSPS) is 28.2. The van der Waals surface area contributed by atoms with Gasteiger partial charge in [0.15, 0.2) is 0 Å². The van der Waals surface area contributed by atoms with Crippen LogP contribution in [0, 0.1) is 0 Å². The Kier molecular flexibility index (Phi) is 3.91. The van der Waals surface area contributed by atoms with E-state index in [0.29, 0.717) is 11.1 Å². The maximum absolute atomic E-state index is 12.3. The molecule has 1 aliphatic heterocycles. The van der Waals surface area contributed by atoms with Gasteiger partial charge in [-0.2, -0.15) is 0 Å². The van der Waals surface area contributed by atoms with E-state index in [1.165, 1.54) is 0 Å². The zero-order chi connectivity index (χ0) is 12.6. The SMILES string of the molecule is CC(C)NC1CC(C)S(=O)c2c(Cl)cccc21. The molecule has 0 saturated heterocycles. The molecule has 0 saturated carbocycles. The van der Waals surface area contributed by atoms with Crippen molar-refractivity contribution in [2.24, 2.45) is 0 Å². The van der Waals surface area contributed by atoms with Crippen molar-refractivity contribution < 1.29 is 4.21 Å². The van der Waals surface area contributed by atoms with Crippen molar-refractivity contribution in [1.29, 1.82) is 0 Å². The molecular formula is C13H18ClNOS. The van der Waals surface area contributed by atoms with E-state index in [2.05, 4.69) is 19.2 Å². The predicted octanol–water partition coefficient (Wildman–Crippen LogP) is 3.28. The third-order valence-electron chi connectivity index (χ3n) is 3.04. The first-order chi connectivity index (χ1) is 8.00. The molecule has 0 spiro atoms. The maximum atomic E-state index is 12.3. The summed E-state index contributed by atoms with van der Waals surface area (Å²) in [6.45, 7) is 6.28. The van der Waals surface area contributed by atoms with E-state index in [1.54, 1.807) is 0 Å². The minimum atomic E-state index is -0.979. The fraction of sp³-hybridized carbons (Fsp3) is 0.538. The van der Waals surface area contributed by atoms with Gasteiger partial charge in [-0.1, -0.05) is 44.5 Å². The summed E-state index contributed by atoms with van der Waals surface area (Å²) in [7, 11) is -0.979. The summed E-state index contributed by atoms with van der Waals surface area (Å²) in [5.41, 5.74) is 1.10. The maximum Gasteiger partial charge on any atom is 0.0624 e. The van der Waals surface area contributed by atoms with E-state index in [4.69, 9.17) is 11.6 Å². The van der Waals surface area contributed by atoms with Crippen molar-refractivity contribution in [1.82, 2.24) is 5.32 Å². The zero-order valence-corrected chi connectivity index (χ0v) is 11.9. The van der Waals surface area contributed by atoms with Gasteiger partial charge in [-0.05, 0) is 18.1 Å². The van der Waals surface area contributed by atoms with Gasteiger partial charge < -0.3 is 5.32 Å². The molecule has 2 rings (SSSR count). The van der Waals surface area contributed by atoms with Crippen molar-refractivity contribution in [3.05, 3.63) is 28.8 Å². The molecule has 1 aliphatic rings. The second-order valence-electron chi connectivity index (χ2n) is 4.88. The summed E-state index contributed by atoms with van der Waals surface area (Å²) in [5, 5.41) is 4.30. The lowest BCUT2D eigenvalue weighted by atomic mass is 10.0. The van der Waals surface area contributed by atoms with E-state index >= 15 is 0 Å². The van der Waals surface area contributed by atoms with Crippen molar-refractivity contribution in [3.8, 4) is 0 Å². The molecule has 0 aromatic heterocycles. The number of rotatable bonds is 2. The van der Waals surface area contributed by atoms with Gasteiger partial charge in [-0.15, -0.1) is 0 Å². The monoisotopic (exact) mass is 271 g/mol. The Morgan fingerprint density at radius 3 is 2.82 bits per heavy atom. The van der Waals surface area contributed by atoms with Gasteiger partial charge in [-0.25, -0.2) is 0 Å². The third kappa shape index (κ3) is 2.56. The molecule has 0 bridgehead atoms. The highest BCUT2D eigenvalue weighted by Crippen LogP contribution is 2.37. The van der Waals surface area contributed by atoms with Crippen LogP contribution in [0.5, 0.6) is 0 Å². The number of halogens is 1. The molecule has 1 heterocycles. The minimum absolute atomic E-state index is 0.152. The van der Waals surface area contributed by atoms with E-state index < -0.39 is 10.8 Å². The number of hydrogen-bond acceptors (Lipinski definition) is 2. The fourth-order valence-corrected chi connectivity index (χ4v) is 4.20. The summed E-state index contributed by atoms with van der Waals surface area (Å²) < 4.78 is 12.3. The van der Waals surface area contributed by atoms with Gasteiger partial charge >= 0.3 is 0 Å². The first kappa shape index (κ1) is 13.1. The van der Waals surface area contributed by atoms with Crippen LogP contribution in [-0.2, 0) is 10.8 Å². The van der Waals surface area contributed by atoms with Crippen molar-refractivity contribution >= 4 is 22.4 Å². The fourth-order valence-electron chi connectivity index (χ4n) is 2.32. The van der Waals surface area contributed by atoms with Crippen LogP contribution >= 0.6 is 11.6 Å². The van der Waals surface area contributed by atoms with Crippen LogP contribution in [0.3, 0.4) is 0 Å². The molecular weight excluding hydrogens is 254 g/mol. The highest BCUT2D eigenvalue weighted by Gasteiger charge is 2.31. The predicted molar refractivity (Wildman–Crippen MR) is 73.0 cm³/mol. The highest BCUT2D eigenvalue weighted by atomic mass is 35.5. The lowest BCUT2D eigenvalue weighted by molar-refractivity contribution is 0.437. The summed E-state index contributed by atoms with van der Waals surface area (Å²) in [4.78, 5) is 0.825. The number of benzene rings is 1. The summed E-state index contributed by atoms with van der Waals surface area (Å²) in [5.74, 6) is 0. The molecule has 0 fully saturated rings. The minimum Gasteiger partial charge on any atom is -0.308 e. The lowest BCUT2D eigenvalue weighted by Crippen LogP contribution is -2.35. The van der Waals surface area contributed by atoms with Crippen LogP contribution < -0.4 is 5.32 Å². The van der Waals surface area contributed by atoms with Crippen molar-refractivity contribution in [3.63, 3.8) is 0 Å². The quantitative estimate of drug-likeness (QED) is 0.894. The topological polar surface area (TPSA) is 29.1 Å². The second-order valence-corrected chi connectivity index (χ2v) is 7.09. The van der Waals surface area contributed by atoms with Gasteiger partial charge in [0.1, 0.15) is 0 Å². The smallest absolute Gasteiger partial charge is 0.0624 e. The largest absolute Gasteiger partial charge is 0.308 e. The van der Waals surface area contributed by atoms with Crippen LogP contribution in [0.25, 0.3) is 0 Å². The molecule has 1 aromatic rings. The molecule has 0 amide bonds. The van der Waals surface area contributed by atoms with Crippen LogP contribution in [-0.4, -0.2) is 15.5 Å². The van der Waals surface area contributed by atoms with E-state index in [1.807, 2.05) is 25.1 Å². The van der Waals surface area contributed by atoms with Gasteiger partial charge in [0.2, 0.25) is 0 Å². The summed E-state index contributed by atoms with van der Waals surface area (Å²) in [6.07, 6.45) is 0.901. The number of fused-ring (bicyclic) bond motifs is 1. The van der Waals surface area contributed by atoms with Crippen LogP contribution in [0.15, 0.2) is 23.1 Å². The van der Waals surface area contributed by atoms with E-state index in [9.17, 15) is 4.21 Å². The lowest BCUT2D eigenvalue weighted by Gasteiger charge is -2.31. The van der Waals surface area contributed by atoms with Crippen molar-refractivity contribution in [2.45, 2.75) is 49.4 Å². The third-order valence-corrected chi connectivity index (χ3v) is 5.25. The standard InChI is InChI=1S/C13H18ClNOS/c1-8(2)15-12-7-9(3)17(16)13-10(12)5-4-6-11(13)14/h4-6,8-9,12,15H,7H2,1-3H3. The first-order valence-corrected chi connectivity index (χ1v) is 7.55. The Hall–Kier alpha value is -0.380.